The zero-order chi connectivity index (χ0) is 17.1. The van der Waals surface area contributed by atoms with E-state index in [2.05, 4.69) is 10.3 Å². The molecule has 0 bridgehead atoms. The fourth-order valence-electron chi connectivity index (χ4n) is 2.74. The Hall–Kier alpha value is -3.03. The van der Waals surface area contributed by atoms with Crippen molar-refractivity contribution in [1.29, 1.82) is 0 Å². The molecule has 2 aromatic rings. The number of anilines is 1. The molecule has 0 radical (unpaired) electrons. The molecule has 1 fully saturated rings. The van der Waals surface area contributed by atoms with Gasteiger partial charge in [0.15, 0.2) is 0 Å². The molecular formula is C16H15FN4O3. The number of pyridine rings is 1. The quantitative estimate of drug-likeness (QED) is 0.685. The predicted octanol–water partition coefficient (Wildman–Crippen LogP) is 2.14. The minimum absolute atomic E-state index is 0.178. The highest BCUT2D eigenvalue weighted by Gasteiger charge is 2.28. The summed E-state index contributed by atoms with van der Waals surface area (Å²) in [6.45, 7) is 1.26. The molecule has 3 rings (SSSR count). The monoisotopic (exact) mass is 330 g/mol. The van der Waals surface area contributed by atoms with Crippen LogP contribution in [0, 0.1) is 15.9 Å². The Bertz CT molecular complexity index is 769. The second-order valence-electron chi connectivity index (χ2n) is 5.51. The summed E-state index contributed by atoms with van der Waals surface area (Å²) in [6, 6.07) is 8.25. The number of carbonyl (C=O) groups excluding carboxylic acids is 1. The van der Waals surface area contributed by atoms with Crippen molar-refractivity contribution in [2.75, 3.05) is 18.0 Å². The smallest absolute Gasteiger partial charge is 0.282 e. The maximum Gasteiger partial charge on any atom is 0.282 e. The number of carbonyl (C=O) groups is 1. The molecule has 1 aromatic carbocycles. The normalized spacial score (nSPS) is 16.9. The van der Waals surface area contributed by atoms with E-state index in [1.165, 1.54) is 0 Å². The third-order valence-electron chi connectivity index (χ3n) is 3.90. The van der Waals surface area contributed by atoms with Crippen LogP contribution >= 0.6 is 0 Å². The summed E-state index contributed by atoms with van der Waals surface area (Å²) in [4.78, 5) is 28.9. The van der Waals surface area contributed by atoms with Crippen LogP contribution in [0.25, 0.3) is 0 Å². The van der Waals surface area contributed by atoms with Gasteiger partial charge in [-0.25, -0.2) is 9.37 Å². The fourth-order valence-corrected chi connectivity index (χ4v) is 2.74. The third-order valence-corrected chi connectivity index (χ3v) is 3.90. The Morgan fingerprint density at radius 3 is 2.92 bits per heavy atom. The van der Waals surface area contributed by atoms with Crippen LogP contribution in [0.2, 0.25) is 0 Å². The lowest BCUT2D eigenvalue weighted by atomic mass is 10.1. The van der Waals surface area contributed by atoms with E-state index in [0.29, 0.717) is 19.5 Å². The Balaban J connectivity index is 1.70. The van der Waals surface area contributed by atoms with E-state index < -0.39 is 22.3 Å². The van der Waals surface area contributed by atoms with Gasteiger partial charge in [-0.2, -0.15) is 0 Å². The van der Waals surface area contributed by atoms with Crippen LogP contribution in [0.15, 0.2) is 42.6 Å². The molecule has 1 saturated heterocycles. The second-order valence-corrected chi connectivity index (χ2v) is 5.51. The molecule has 1 amide bonds. The van der Waals surface area contributed by atoms with Gasteiger partial charge in [-0.05, 0) is 30.7 Å². The van der Waals surface area contributed by atoms with Gasteiger partial charge >= 0.3 is 0 Å². The highest BCUT2D eigenvalue weighted by Crippen LogP contribution is 2.21. The number of amides is 1. The Morgan fingerprint density at radius 2 is 2.21 bits per heavy atom. The molecule has 124 valence electrons. The molecule has 1 unspecified atom stereocenters. The molecular weight excluding hydrogens is 315 g/mol. The van der Waals surface area contributed by atoms with Crippen LogP contribution in [0.5, 0.6) is 0 Å². The van der Waals surface area contributed by atoms with Gasteiger partial charge < -0.3 is 10.2 Å². The van der Waals surface area contributed by atoms with Gasteiger partial charge in [-0.1, -0.05) is 6.07 Å². The number of nitro groups is 1. The maximum absolute atomic E-state index is 13.3. The van der Waals surface area contributed by atoms with E-state index in [9.17, 15) is 19.3 Å². The lowest BCUT2D eigenvalue weighted by Crippen LogP contribution is -2.37. The van der Waals surface area contributed by atoms with Gasteiger partial charge in [0, 0.05) is 31.4 Å². The number of nitro benzene ring substituents is 1. The zero-order valence-corrected chi connectivity index (χ0v) is 12.7. The number of hydrogen-bond acceptors (Lipinski definition) is 5. The first-order valence-corrected chi connectivity index (χ1v) is 7.45. The van der Waals surface area contributed by atoms with Gasteiger partial charge in [-0.15, -0.1) is 0 Å². The van der Waals surface area contributed by atoms with E-state index in [0.717, 1.165) is 24.0 Å². The highest BCUT2D eigenvalue weighted by molar-refractivity contribution is 5.98. The molecule has 24 heavy (non-hydrogen) atoms. The molecule has 1 aliphatic heterocycles. The number of aromatic nitrogens is 1. The largest absolute Gasteiger partial charge is 0.354 e. The van der Waals surface area contributed by atoms with Gasteiger partial charge in [0.1, 0.15) is 17.2 Å². The van der Waals surface area contributed by atoms with Gasteiger partial charge in [0.2, 0.25) is 0 Å². The van der Waals surface area contributed by atoms with Crippen LogP contribution in [-0.2, 0) is 0 Å². The highest BCUT2D eigenvalue weighted by atomic mass is 19.1. The molecule has 1 N–H and O–H groups in total. The van der Waals surface area contributed by atoms with E-state index >= 15 is 0 Å². The van der Waals surface area contributed by atoms with Crippen LogP contribution < -0.4 is 10.2 Å². The number of hydrogen-bond donors (Lipinski definition) is 1. The van der Waals surface area contributed by atoms with Crippen molar-refractivity contribution in [3.63, 3.8) is 0 Å². The average molecular weight is 330 g/mol. The lowest BCUT2D eigenvalue weighted by molar-refractivity contribution is -0.385. The SMILES string of the molecule is O=C(NC1CCN(c2ccccn2)C1)c1cc(F)ccc1[N+](=O)[O-]. The summed E-state index contributed by atoms with van der Waals surface area (Å²) >= 11 is 0. The minimum Gasteiger partial charge on any atom is -0.354 e. The van der Waals surface area contributed by atoms with Crippen molar-refractivity contribution in [1.82, 2.24) is 10.3 Å². The summed E-state index contributed by atoms with van der Waals surface area (Å²) in [6.07, 6.45) is 2.38. The topological polar surface area (TPSA) is 88.4 Å². The van der Waals surface area contributed by atoms with Crippen LogP contribution in [-0.4, -0.2) is 34.9 Å². The first-order valence-electron chi connectivity index (χ1n) is 7.45. The third kappa shape index (κ3) is 3.32. The molecule has 2 heterocycles. The van der Waals surface area contributed by atoms with Crippen molar-refractivity contribution in [3.8, 4) is 0 Å². The molecule has 7 nitrogen and oxygen atoms in total. The maximum atomic E-state index is 13.3. The molecule has 0 spiro atoms. The molecule has 0 aliphatic carbocycles. The molecule has 1 aliphatic rings. The van der Waals surface area contributed by atoms with Crippen LogP contribution in [0.3, 0.4) is 0 Å². The van der Waals surface area contributed by atoms with Crippen molar-refractivity contribution in [2.45, 2.75) is 12.5 Å². The second kappa shape index (κ2) is 6.61. The zero-order valence-electron chi connectivity index (χ0n) is 12.7. The van der Waals surface area contributed by atoms with E-state index in [4.69, 9.17) is 0 Å². The standard InChI is InChI=1S/C16H15FN4O3/c17-11-4-5-14(21(23)24)13(9-11)16(22)19-12-6-8-20(10-12)15-3-1-2-7-18-15/h1-5,7,9,12H,6,8,10H2,(H,19,22). The Labute approximate surface area is 137 Å². The van der Waals surface area contributed by atoms with Crippen LogP contribution in [0.4, 0.5) is 15.9 Å². The van der Waals surface area contributed by atoms with E-state index in [-0.39, 0.29) is 11.6 Å². The first kappa shape index (κ1) is 15.9. The van der Waals surface area contributed by atoms with E-state index in [1.807, 2.05) is 23.1 Å². The fraction of sp³-hybridized carbons (Fsp3) is 0.250. The summed E-state index contributed by atoms with van der Waals surface area (Å²) in [5.41, 5.74) is -0.676. The molecule has 0 saturated carbocycles. The van der Waals surface area contributed by atoms with Crippen molar-refractivity contribution < 1.29 is 14.1 Å². The van der Waals surface area contributed by atoms with Crippen molar-refractivity contribution in [3.05, 3.63) is 64.1 Å². The molecule has 8 heteroatoms. The lowest BCUT2D eigenvalue weighted by Gasteiger charge is -2.17. The van der Waals surface area contributed by atoms with Crippen LogP contribution in [0.1, 0.15) is 16.8 Å². The number of benzene rings is 1. The van der Waals surface area contributed by atoms with Crippen molar-refractivity contribution >= 4 is 17.4 Å². The Morgan fingerprint density at radius 1 is 1.38 bits per heavy atom. The number of nitrogens with zero attached hydrogens (tertiary/aromatic N) is 3. The summed E-state index contributed by atoms with van der Waals surface area (Å²) in [5.74, 6) is -0.521. The molecule has 1 aromatic heterocycles. The first-order chi connectivity index (χ1) is 11.5. The van der Waals surface area contributed by atoms with Crippen molar-refractivity contribution in [2.24, 2.45) is 0 Å². The van der Waals surface area contributed by atoms with Gasteiger partial charge in [0.25, 0.3) is 11.6 Å². The Kier molecular flexibility index (Phi) is 4.37. The number of nitrogens with one attached hydrogen (secondary N) is 1. The summed E-state index contributed by atoms with van der Waals surface area (Å²) in [5, 5.41) is 13.7. The number of halogens is 1. The van der Waals surface area contributed by atoms with E-state index in [1.54, 1.807) is 6.20 Å². The number of rotatable bonds is 4. The average Bonchev–Trinajstić information content (AvgIpc) is 3.03. The summed E-state index contributed by atoms with van der Waals surface area (Å²) < 4.78 is 13.3. The van der Waals surface area contributed by atoms with Gasteiger partial charge in [-0.3, -0.25) is 14.9 Å². The predicted molar refractivity (Wildman–Crippen MR) is 85.4 cm³/mol. The minimum atomic E-state index is -0.691. The molecule has 1 atom stereocenters. The van der Waals surface area contributed by atoms with Gasteiger partial charge in [0.05, 0.1) is 4.92 Å². The summed E-state index contributed by atoms with van der Waals surface area (Å²) in [7, 11) is 0.